The first kappa shape index (κ1) is 26.4. The quantitative estimate of drug-likeness (QED) is 0.264. The molecule has 1 aromatic carbocycles. The van der Waals surface area contributed by atoms with E-state index in [0.717, 1.165) is 13.7 Å². The topological polar surface area (TPSA) is 37.4 Å². The van der Waals surface area contributed by atoms with Crippen LogP contribution in [0.15, 0.2) is 30.3 Å². The number of para-hydroxylation sites is 1. The molecule has 0 N–H and O–H groups in total. The van der Waals surface area contributed by atoms with Crippen LogP contribution in [0.5, 0.6) is 0 Å². The zero-order valence-corrected chi connectivity index (χ0v) is 28.6. The first-order valence-electron chi connectivity index (χ1n) is 12.2. The molecule has 0 spiro atoms. The Labute approximate surface area is 203 Å². The van der Waals surface area contributed by atoms with Crippen molar-refractivity contribution in [2.24, 2.45) is 0 Å². The molecular weight excluding hydrogens is 519 g/mol. The van der Waals surface area contributed by atoms with Gasteiger partial charge in [-0.2, -0.15) is 0 Å². The molecular formula is C24H45GeNO2Si4. The summed E-state index contributed by atoms with van der Waals surface area (Å²) in [6.07, 6.45) is 0. The molecule has 3 nitrogen and oxygen atoms in total. The predicted octanol–water partition coefficient (Wildman–Crippen LogP) is 7.01. The fourth-order valence-corrected chi connectivity index (χ4v) is 98.3. The van der Waals surface area contributed by atoms with Gasteiger partial charge in [0.2, 0.25) is 0 Å². The number of rotatable bonds is 7. The number of imide groups is 1. The molecule has 2 amide bonds. The summed E-state index contributed by atoms with van der Waals surface area (Å²) in [6, 6.07) is 9.69. The van der Waals surface area contributed by atoms with Gasteiger partial charge >= 0.3 is 204 Å². The number of anilines is 1. The minimum atomic E-state index is -2.92. The van der Waals surface area contributed by atoms with Crippen molar-refractivity contribution >= 4 is 63.1 Å². The number of amides is 2. The van der Waals surface area contributed by atoms with Crippen molar-refractivity contribution in [2.45, 2.75) is 96.1 Å². The van der Waals surface area contributed by atoms with E-state index >= 15 is 0 Å². The standard InChI is InChI=1S/C24H45GeNO2Si4/c1-29(2,3)23(30(4,5)6)25(24(31(7,8)9)32(10,11)12)19-20(25)22(28)26(21(19)27)18-16-14-13-15-17-18/h13-17,19-20,23-24H,1-12H3. The zero-order chi connectivity index (χ0) is 24.7. The van der Waals surface area contributed by atoms with Crippen LogP contribution in [0.2, 0.25) is 96.1 Å². The zero-order valence-electron chi connectivity index (χ0n) is 22.5. The summed E-state index contributed by atoms with van der Waals surface area (Å²) in [6.45, 7) is 30.6. The van der Waals surface area contributed by atoms with E-state index in [1.54, 1.807) is 4.90 Å². The van der Waals surface area contributed by atoms with Crippen molar-refractivity contribution in [1.29, 1.82) is 0 Å². The van der Waals surface area contributed by atoms with E-state index in [1.807, 2.05) is 30.3 Å². The van der Waals surface area contributed by atoms with Gasteiger partial charge in [0.05, 0.1) is 0 Å². The van der Waals surface area contributed by atoms with E-state index < -0.39 is 45.6 Å². The van der Waals surface area contributed by atoms with Gasteiger partial charge < -0.3 is 0 Å². The van der Waals surface area contributed by atoms with Crippen LogP contribution in [0, 0.1) is 0 Å². The van der Waals surface area contributed by atoms with Gasteiger partial charge in [-0.1, -0.05) is 0 Å². The van der Waals surface area contributed by atoms with Crippen LogP contribution in [0.3, 0.4) is 0 Å². The van der Waals surface area contributed by atoms with E-state index in [1.165, 1.54) is 0 Å². The van der Waals surface area contributed by atoms with Crippen LogP contribution in [0.4, 0.5) is 5.69 Å². The van der Waals surface area contributed by atoms with Crippen molar-refractivity contribution in [3.05, 3.63) is 30.3 Å². The summed E-state index contributed by atoms with van der Waals surface area (Å²) in [7, 11) is -6.30. The van der Waals surface area contributed by atoms with E-state index in [4.69, 9.17) is 0 Å². The fourth-order valence-electron chi connectivity index (χ4n) is 8.84. The fraction of sp³-hybridized carbons (Fsp3) is 0.667. The van der Waals surface area contributed by atoms with Gasteiger partial charge in [-0.3, -0.25) is 0 Å². The van der Waals surface area contributed by atoms with Crippen LogP contribution in [0.1, 0.15) is 0 Å². The molecule has 2 unspecified atom stereocenters. The van der Waals surface area contributed by atoms with E-state index in [9.17, 15) is 9.59 Å². The number of carbonyl (C=O) groups excluding carboxylic acids is 2. The van der Waals surface area contributed by atoms with Crippen LogP contribution in [-0.2, 0) is 9.59 Å². The molecule has 2 aliphatic rings. The van der Waals surface area contributed by atoms with E-state index in [-0.39, 0.29) is 21.3 Å². The molecule has 3 rings (SSSR count). The Morgan fingerprint density at radius 2 is 0.938 bits per heavy atom. The Kier molecular flexibility index (Phi) is 6.51. The van der Waals surface area contributed by atoms with Crippen molar-refractivity contribution in [1.82, 2.24) is 0 Å². The SMILES string of the molecule is C[Si](C)(C)[CH]([Si](C)(C)C)[Ge]1([CH]([Si](C)(C)C)[Si](C)(C)C)[CH]2C(=O)N(c3ccccc3)C(=O)[CH]21. The summed E-state index contributed by atoms with van der Waals surface area (Å²) < 4.78 is 1.66. The Bertz CT molecular complexity index is 825. The first-order chi connectivity index (χ1) is 14.3. The summed E-state index contributed by atoms with van der Waals surface area (Å²) in [5.74, 6) is 0.350. The van der Waals surface area contributed by atoms with Gasteiger partial charge in [0.25, 0.3) is 0 Å². The van der Waals surface area contributed by atoms with Gasteiger partial charge in [0.1, 0.15) is 0 Å². The minimum absolute atomic E-state index is 0.0783. The molecule has 0 aromatic heterocycles. The molecule has 8 heteroatoms. The summed E-state index contributed by atoms with van der Waals surface area (Å²) in [4.78, 5) is 29.8. The molecule has 2 aliphatic heterocycles. The normalized spacial score (nSPS) is 23.9. The molecule has 1 aromatic rings. The first-order valence-corrected chi connectivity index (χ1v) is 31.4. The molecule has 178 valence electrons. The van der Waals surface area contributed by atoms with E-state index in [0.29, 0.717) is 0 Å². The van der Waals surface area contributed by atoms with Gasteiger partial charge in [0.15, 0.2) is 0 Å². The molecule has 2 saturated heterocycles. The number of benzene rings is 1. The number of carbonyl (C=O) groups is 2. The monoisotopic (exact) mass is 565 g/mol. The molecule has 32 heavy (non-hydrogen) atoms. The second-order valence-corrected chi connectivity index (χ2v) is 51.1. The molecule has 2 atom stereocenters. The third kappa shape index (κ3) is 4.07. The molecule has 2 fully saturated rings. The molecule has 0 bridgehead atoms. The van der Waals surface area contributed by atoms with Crippen LogP contribution >= 0.6 is 0 Å². The molecule has 0 radical (unpaired) electrons. The number of nitrogens with zero attached hydrogens (tertiary/aromatic N) is 1. The van der Waals surface area contributed by atoms with Gasteiger partial charge in [-0.05, 0) is 0 Å². The van der Waals surface area contributed by atoms with Crippen LogP contribution in [0.25, 0.3) is 0 Å². The maximum atomic E-state index is 14.1. The van der Waals surface area contributed by atoms with Gasteiger partial charge in [0, 0.05) is 0 Å². The molecule has 0 saturated carbocycles. The van der Waals surface area contributed by atoms with Crippen molar-refractivity contribution in [3.8, 4) is 0 Å². The van der Waals surface area contributed by atoms with Crippen molar-refractivity contribution in [3.63, 3.8) is 0 Å². The van der Waals surface area contributed by atoms with Crippen molar-refractivity contribution < 1.29 is 9.59 Å². The van der Waals surface area contributed by atoms with Gasteiger partial charge in [-0.25, -0.2) is 0 Å². The van der Waals surface area contributed by atoms with Crippen LogP contribution < -0.4 is 4.90 Å². The second kappa shape index (κ2) is 7.90. The Morgan fingerprint density at radius 3 is 1.22 bits per heavy atom. The molecule has 0 aliphatic carbocycles. The van der Waals surface area contributed by atoms with Gasteiger partial charge in [-0.15, -0.1) is 0 Å². The summed E-state index contributed by atoms with van der Waals surface area (Å²) in [5, 5.41) is 0. The average Bonchev–Trinajstić information content (AvgIpc) is 3.08. The third-order valence-corrected chi connectivity index (χ3v) is 67.6. The number of hydrogen-bond acceptors (Lipinski definition) is 2. The molecule has 2 heterocycles. The number of hydrogen-bond donors (Lipinski definition) is 0. The Morgan fingerprint density at radius 1 is 0.625 bits per heavy atom. The average molecular weight is 565 g/mol. The van der Waals surface area contributed by atoms with E-state index in [2.05, 4.69) is 78.6 Å². The van der Waals surface area contributed by atoms with Crippen molar-refractivity contribution in [2.75, 3.05) is 4.90 Å². The Balaban J connectivity index is 2.27. The second-order valence-electron chi connectivity index (χ2n) is 14.6. The van der Waals surface area contributed by atoms with Crippen LogP contribution in [-0.4, -0.2) is 57.4 Å². The maximum absolute atomic E-state index is 14.1. The number of fused-ring (bicyclic) bond motifs is 1. The summed E-state index contributed by atoms with van der Waals surface area (Å²) >= 11 is -2.92. The Hall–Kier alpha value is -0.230. The predicted molar refractivity (Wildman–Crippen MR) is 153 cm³/mol. The summed E-state index contributed by atoms with van der Waals surface area (Å²) in [5.41, 5.74) is 0.779. The third-order valence-electron chi connectivity index (χ3n) is 7.75.